The van der Waals surface area contributed by atoms with Crippen molar-refractivity contribution in [3.63, 3.8) is 0 Å². The number of halogens is 1. The van der Waals surface area contributed by atoms with E-state index in [-0.39, 0.29) is 11.7 Å². The minimum Gasteiger partial charge on any atom is -0.494 e. The molecular formula is C24H31FN4O2. The van der Waals surface area contributed by atoms with E-state index < -0.39 is 0 Å². The number of carbonyl (C=O) groups excluding carboxylic acids is 1. The topological polar surface area (TPSA) is 58.6 Å². The number of aromatic nitrogens is 2. The molecule has 4 rings (SSSR count). The van der Waals surface area contributed by atoms with E-state index in [4.69, 9.17) is 9.72 Å². The molecule has 6 nitrogen and oxygen atoms in total. The predicted molar refractivity (Wildman–Crippen MR) is 117 cm³/mol. The number of piperidine rings is 1. The van der Waals surface area contributed by atoms with Crippen LogP contribution in [0.5, 0.6) is 5.75 Å². The zero-order valence-corrected chi connectivity index (χ0v) is 18.2. The van der Waals surface area contributed by atoms with Gasteiger partial charge in [-0.15, -0.1) is 0 Å². The molecule has 0 unspecified atom stereocenters. The molecule has 3 heterocycles. The van der Waals surface area contributed by atoms with Crippen molar-refractivity contribution in [3.05, 3.63) is 53.4 Å². The molecule has 1 amide bonds. The summed E-state index contributed by atoms with van der Waals surface area (Å²) < 4.78 is 18.6. The molecular weight excluding hydrogens is 395 g/mol. The van der Waals surface area contributed by atoms with Gasteiger partial charge in [0.1, 0.15) is 17.4 Å². The van der Waals surface area contributed by atoms with Gasteiger partial charge in [-0.25, -0.2) is 14.4 Å². The lowest BCUT2D eigenvalue weighted by Crippen LogP contribution is -2.35. The van der Waals surface area contributed by atoms with Crippen LogP contribution in [0.25, 0.3) is 0 Å². The standard InChI is InChI=1S/C24H31FN4O2/c1-18-22(24(30)29-12-2-3-13-29)17-26-23(27-18)19-9-14-28(15-10-19)11-4-16-31-21-7-5-20(25)6-8-21/h5-8,17,19H,2-4,9-16H2,1H3. The van der Waals surface area contributed by atoms with E-state index in [0.29, 0.717) is 23.8 Å². The van der Waals surface area contributed by atoms with Gasteiger partial charge in [-0.2, -0.15) is 0 Å². The quantitative estimate of drug-likeness (QED) is 0.630. The summed E-state index contributed by atoms with van der Waals surface area (Å²) in [5, 5.41) is 0. The molecule has 1 aromatic heterocycles. The highest BCUT2D eigenvalue weighted by atomic mass is 19.1. The number of carbonyl (C=O) groups is 1. The number of ether oxygens (including phenoxy) is 1. The molecule has 2 aliphatic heterocycles. The number of hydrogen-bond donors (Lipinski definition) is 0. The average Bonchev–Trinajstić information content (AvgIpc) is 3.33. The van der Waals surface area contributed by atoms with Crippen LogP contribution >= 0.6 is 0 Å². The summed E-state index contributed by atoms with van der Waals surface area (Å²) in [4.78, 5) is 26.3. The highest BCUT2D eigenvalue weighted by Gasteiger charge is 2.25. The second-order valence-electron chi connectivity index (χ2n) is 8.50. The first-order valence-corrected chi connectivity index (χ1v) is 11.3. The highest BCUT2D eigenvalue weighted by Crippen LogP contribution is 2.26. The van der Waals surface area contributed by atoms with Crippen molar-refractivity contribution < 1.29 is 13.9 Å². The Morgan fingerprint density at radius 3 is 2.52 bits per heavy atom. The molecule has 0 spiro atoms. The van der Waals surface area contributed by atoms with Crippen LogP contribution in [0.15, 0.2) is 30.5 Å². The first-order chi connectivity index (χ1) is 15.1. The fourth-order valence-electron chi connectivity index (χ4n) is 4.41. The van der Waals surface area contributed by atoms with Gasteiger partial charge in [0.05, 0.1) is 17.9 Å². The lowest BCUT2D eigenvalue weighted by atomic mass is 9.95. The van der Waals surface area contributed by atoms with Crippen molar-refractivity contribution in [2.45, 2.75) is 44.9 Å². The van der Waals surface area contributed by atoms with Gasteiger partial charge in [0.15, 0.2) is 0 Å². The SMILES string of the molecule is Cc1nc(C2CCN(CCCOc3ccc(F)cc3)CC2)ncc1C(=O)N1CCCC1. The lowest BCUT2D eigenvalue weighted by molar-refractivity contribution is 0.0791. The van der Waals surface area contributed by atoms with Crippen LogP contribution in [-0.2, 0) is 0 Å². The number of aryl methyl sites for hydroxylation is 1. The normalized spacial score (nSPS) is 17.8. The number of likely N-dealkylation sites (tertiary alicyclic amines) is 2. The fourth-order valence-corrected chi connectivity index (χ4v) is 4.41. The average molecular weight is 427 g/mol. The third kappa shape index (κ3) is 5.58. The van der Waals surface area contributed by atoms with Crippen LogP contribution in [0.4, 0.5) is 4.39 Å². The van der Waals surface area contributed by atoms with E-state index >= 15 is 0 Å². The number of nitrogens with zero attached hydrogens (tertiary/aromatic N) is 4. The molecule has 2 fully saturated rings. The number of amides is 1. The van der Waals surface area contributed by atoms with Crippen molar-refractivity contribution >= 4 is 5.91 Å². The van der Waals surface area contributed by atoms with Crippen LogP contribution in [0, 0.1) is 12.7 Å². The maximum atomic E-state index is 12.9. The maximum Gasteiger partial charge on any atom is 0.257 e. The Bertz CT molecular complexity index is 876. The van der Waals surface area contributed by atoms with Crippen molar-refractivity contribution in [1.82, 2.24) is 19.8 Å². The first-order valence-electron chi connectivity index (χ1n) is 11.3. The minimum absolute atomic E-state index is 0.0687. The molecule has 2 saturated heterocycles. The van der Waals surface area contributed by atoms with Gasteiger partial charge in [0.2, 0.25) is 0 Å². The van der Waals surface area contributed by atoms with Gasteiger partial charge in [-0.05, 0) is 76.4 Å². The molecule has 31 heavy (non-hydrogen) atoms. The monoisotopic (exact) mass is 426 g/mol. The zero-order chi connectivity index (χ0) is 21.6. The maximum absolute atomic E-state index is 12.9. The predicted octanol–water partition coefficient (Wildman–Crippen LogP) is 3.81. The van der Waals surface area contributed by atoms with Crippen LogP contribution in [0.2, 0.25) is 0 Å². The smallest absolute Gasteiger partial charge is 0.257 e. The van der Waals surface area contributed by atoms with E-state index in [1.54, 1.807) is 18.3 Å². The van der Waals surface area contributed by atoms with E-state index in [0.717, 1.165) is 76.3 Å². The zero-order valence-electron chi connectivity index (χ0n) is 18.2. The van der Waals surface area contributed by atoms with E-state index in [2.05, 4.69) is 9.88 Å². The molecule has 0 saturated carbocycles. The highest BCUT2D eigenvalue weighted by molar-refractivity contribution is 5.95. The summed E-state index contributed by atoms with van der Waals surface area (Å²) in [5.41, 5.74) is 1.44. The second kappa shape index (κ2) is 10.2. The second-order valence-corrected chi connectivity index (χ2v) is 8.50. The van der Waals surface area contributed by atoms with Crippen LogP contribution in [0.1, 0.15) is 59.9 Å². The van der Waals surface area contributed by atoms with E-state index in [9.17, 15) is 9.18 Å². The van der Waals surface area contributed by atoms with Gasteiger partial charge >= 0.3 is 0 Å². The van der Waals surface area contributed by atoms with Crippen molar-refractivity contribution in [3.8, 4) is 5.75 Å². The molecule has 0 bridgehead atoms. The Hall–Kier alpha value is -2.54. The summed E-state index contributed by atoms with van der Waals surface area (Å²) in [6.07, 6.45) is 6.89. The molecule has 7 heteroatoms. The number of hydrogen-bond acceptors (Lipinski definition) is 5. The molecule has 0 radical (unpaired) electrons. The lowest BCUT2D eigenvalue weighted by Gasteiger charge is -2.31. The summed E-state index contributed by atoms with van der Waals surface area (Å²) in [5.74, 6) is 1.75. The summed E-state index contributed by atoms with van der Waals surface area (Å²) in [6, 6.07) is 6.15. The molecule has 1 aromatic carbocycles. The summed E-state index contributed by atoms with van der Waals surface area (Å²) in [7, 11) is 0. The molecule has 166 valence electrons. The Morgan fingerprint density at radius 2 is 1.84 bits per heavy atom. The third-order valence-electron chi connectivity index (χ3n) is 6.28. The molecule has 0 aliphatic carbocycles. The van der Waals surface area contributed by atoms with Gasteiger partial charge in [-0.3, -0.25) is 4.79 Å². The van der Waals surface area contributed by atoms with Gasteiger partial charge in [0, 0.05) is 31.7 Å². The van der Waals surface area contributed by atoms with Crippen LogP contribution in [-0.4, -0.2) is 65.0 Å². The van der Waals surface area contributed by atoms with Crippen molar-refractivity contribution in [1.29, 1.82) is 0 Å². The summed E-state index contributed by atoms with van der Waals surface area (Å²) in [6.45, 7) is 7.24. The minimum atomic E-state index is -0.248. The van der Waals surface area contributed by atoms with E-state index in [1.165, 1.54) is 12.1 Å². The number of benzene rings is 1. The van der Waals surface area contributed by atoms with Crippen LogP contribution < -0.4 is 4.74 Å². The Morgan fingerprint density at radius 1 is 1.13 bits per heavy atom. The summed E-state index contributed by atoms with van der Waals surface area (Å²) >= 11 is 0. The van der Waals surface area contributed by atoms with Crippen molar-refractivity contribution in [2.24, 2.45) is 0 Å². The van der Waals surface area contributed by atoms with Gasteiger partial charge in [-0.1, -0.05) is 0 Å². The van der Waals surface area contributed by atoms with Crippen LogP contribution in [0.3, 0.4) is 0 Å². The molecule has 0 N–H and O–H groups in total. The Balaban J connectivity index is 1.21. The Kier molecular flexibility index (Phi) is 7.12. The van der Waals surface area contributed by atoms with Crippen molar-refractivity contribution in [2.75, 3.05) is 39.3 Å². The van der Waals surface area contributed by atoms with Gasteiger partial charge in [0.25, 0.3) is 5.91 Å². The van der Waals surface area contributed by atoms with E-state index in [1.807, 2.05) is 11.8 Å². The molecule has 0 atom stereocenters. The third-order valence-corrected chi connectivity index (χ3v) is 6.28. The number of rotatable bonds is 7. The van der Waals surface area contributed by atoms with Gasteiger partial charge < -0.3 is 14.5 Å². The fraction of sp³-hybridized carbons (Fsp3) is 0.542. The largest absolute Gasteiger partial charge is 0.494 e. The Labute approximate surface area is 183 Å². The first kappa shape index (κ1) is 21.7. The molecule has 2 aromatic rings. The molecule has 2 aliphatic rings.